The maximum absolute atomic E-state index is 5.58. The van der Waals surface area contributed by atoms with Crippen molar-refractivity contribution >= 4 is 29.9 Å². The Hall–Kier alpha value is -2.29. The molecule has 7 heteroatoms. The smallest absolute Gasteiger partial charge is 0.226 e. The fourth-order valence-corrected chi connectivity index (χ4v) is 2.65. The maximum atomic E-state index is 5.58. The minimum Gasteiger partial charge on any atom is -0.466 e. The number of benzene rings is 1. The monoisotopic (exact) mass is 480 g/mol. The molecular weight excluding hydrogens is 455 g/mol. The average Bonchev–Trinajstić information content (AvgIpc) is 3.22. The second-order valence-electron chi connectivity index (χ2n) is 6.23. The van der Waals surface area contributed by atoms with Crippen molar-refractivity contribution in [1.29, 1.82) is 0 Å². The van der Waals surface area contributed by atoms with E-state index < -0.39 is 0 Å². The highest BCUT2D eigenvalue weighted by Gasteiger charge is 2.08. The van der Waals surface area contributed by atoms with Crippen LogP contribution >= 0.6 is 24.0 Å². The molecule has 0 fully saturated rings. The molecule has 0 saturated heterocycles. The number of hydrogen-bond acceptors (Lipinski definition) is 4. The number of oxazole rings is 1. The maximum Gasteiger partial charge on any atom is 0.226 e. The lowest BCUT2D eigenvalue weighted by molar-refractivity contribution is 0.500. The van der Waals surface area contributed by atoms with E-state index in [1.165, 1.54) is 5.56 Å². The molecule has 2 N–H and O–H groups in total. The number of aliphatic imine (C=N–C) groups is 1. The van der Waals surface area contributed by atoms with Gasteiger partial charge in [0.1, 0.15) is 17.8 Å². The van der Waals surface area contributed by atoms with E-state index in [0.29, 0.717) is 24.9 Å². The van der Waals surface area contributed by atoms with Crippen molar-refractivity contribution in [3.05, 3.63) is 64.9 Å². The second-order valence-corrected chi connectivity index (χ2v) is 6.23. The van der Waals surface area contributed by atoms with Gasteiger partial charge in [-0.25, -0.2) is 4.98 Å². The lowest BCUT2D eigenvalue weighted by atomic mass is 10.1. The van der Waals surface area contributed by atoms with E-state index in [2.05, 4.69) is 27.5 Å². The molecule has 0 amide bonds. The molecule has 0 radical (unpaired) electrons. The molecule has 0 aliphatic heterocycles. The predicted molar refractivity (Wildman–Crippen MR) is 117 cm³/mol. The van der Waals surface area contributed by atoms with E-state index in [9.17, 15) is 0 Å². The number of nitrogens with one attached hydrogen (secondary N) is 2. The van der Waals surface area contributed by atoms with Gasteiger partial charge in [0, 0.05) is 24.7 Å². The van der Waals surface area contributed by atoms with Crippen LogP contribution in [0.25, 0.3) is 11.5 Å². The first-order valence-electron chi connectivity index (χ1n) is 8.57. The van der Waals surface area contributed by atoms with Gasteiger partial charge in [0.25, 0.3) is 0 Å². The number of aromatic nitrogens is 1. The van der Waals surface area contributed by atoms with Gasteiger partial charge in [-0.3, -0.25) is 4.99 Å². The molecule has 0 spiro atoms. The fraction of sp³-hybridized carbons (Fsp3) is 0.300. The molecule has 0 unspecified atom stereocenters. The highest BCUT2D eigenvalue weighted by atomic mass is 127. The van der Waals surface area contributed by atoms with E-state index in [1.54, 1.807) is 13.3 Å². The summed E-state index contributed by atoms with van der Waals surface area (Å²) in [6.45, 7) is 7.14. The van der Waals surface area contributed by atoms with E-state index >= 15 is 0 Å². The van der Waals surface area contributed by atoms with Crippen molar-refractivity contribution < 1.29 is 8.83 Å². The molecule has 0 bridgehead atoms. The van der Waals surface area contributed by atoms with Gasteiger partial charge < -0.3 is 19.5 Å². The molecule has 0 atom stereocenters. The van der Waals surface area contributed by atoms with Crippen LogP contribution in [0, 0.1) is 20.8 Å². The normalized spacial score (nSPS) is 11.2. The predicted octanol–water partition coefficient (Wildman–Crippen LogP) is 4.34. The number of guanidine groups is 1. The summed E-state index contributed by atoms with van der Waals surface area (Å²) in [5, 5.41) is 6.52. The van der Waals surface area contributed by atoms with E-state index in [0.717, 1.165) is 28.3 Å². The molecule has 0 aliphatic carbocycles. The van der Waals surface area contributed by atoms with Gasteiger partial charge >= 0.3 is 0 Å². The third-order valence-corrected chi connectivity index (χ3v) is 4.10. The molecule has 3 aromatic rings. The summed E-state index contributed by atoms with van der Waals surface area (Å²) in [5.41, 5.74) is 4.11. The number of nitrogens with zero attached hydrogens (tertiary/aromatic N) is 2. The molecule has 3 rings (SSSR count). The van der Waals surface area contributed by atoms with Gasteiger partial charge in [-0.2, -0.15) is 0 Å². The molecule has 2 heterocycles. The first-order chi connectivity index (χ1) is 12.5. The molecule has 6 nitrogen and oxygen atoms in total. The number of furan rings is 1. The molecule has 144 valence electrons. The standard InChI is InChI=1S/C20H24N4O2.HI/c1-13-5-7-16(8-6-13)19-24-18(12-25-19)11-23-20(21-4)22-10-17-9-14(2)26-15(17)3;/h5-9,12H,10-11H2,1-4H3,(H2,21,22,23);1H. The van der Waals surface area contributed by atoms with Crippen molar-refractivity contribution in [2.45, 2.75) is 33.9 Å². The number of aryl methyl sites for hydroxylation is 3. The topological polar surface area (TPSA) is 75.6 Å². The molecule has 0 saturated carbocycles. The Bertz CT molecular complexity index is 897. The summed E-state index contributed by atoms with van der Waals surface area (Å²) in [4.78, 5) is 8.76. The molecular formula is C20H25IN4O2. The Labute approximate surface area is 176 Å². The molecule has 2 aromatic heterocycles. The first-order valence-corrected chi connectivity index (χ1v) is 8.57. The Morgan fingerprint density at radius 3 is 2.41 bits per heavy atom. The largest absolute Gasteiger partial charge is 0.466 e. The summed E-state index contributed by atoms with van der Waals surface area (Å²) in [5.74, 6) is 3.15. The highest BCUT2D eigenvalue weighted by Crippen LogP contribution is 2.19. The zero-order chi connectivity index (χ0) is 18.5. The third kappa shape index (κ3) is 5.59. The fourth-order valence-electron chi connectivity index (χ4n) is 2.65. The molecule has 27 heavy (non-hydrogen) atoms. The van der Waals surface area contributed by atoms with Crippen LogP contribution in [0.1, 0.15) is 28.3 Å². The van der Waals surface area contributed by atoms with Crippen molar-refractivity contribution in [3.8, 4) is 11.5 Å². The summed E-state index contributed by atoms with van der Waals surface area (Å²) < 4.78 is 11.1. The van der Waals surface area contributed by atoms with Crippen LogP contribution in [0.4, 0.5) is 0 Å². The summed E-state index contributed by atoms with van der Waals surface area (Å²) >= 11 is 0. The van der Waals surface area contributed by atoms with Crippen LogP contribution in [0.3, 0.4) is 0 Å². The number of rotatable bonds is 5. The average molecular weight is 480 g/mol. The Kier molecular flexibility index (Phi) is 7.46. The Balaban J connectivity index is 0.00000261. The van der Waals surface area contributed by atoms with Crippen LogP contribution in [0.2, 0.25) is 0 Å². The summed E-state index contributed by atoms with van der Waals surface area (Å²) in [6, 6.07) is 10.1. The van der Waals surface area contributed by atoms with Gasteiger partial charge in [0.2, 0.25) is 5.89 Å². The summed E-state index contributed by atoms with van der Waals surface area (Å²) in [7, 11) is 1.74. The van der Waals surface area contributed by atoms with Crippen LogP contribution in [0.15, 0.2) is 50.4 Å². The van der Waals surface area contributed by atoms with E-state index in [4.69, 9.17) is 8.83 Å². The van der Waals surface area contributed by atoms with Crippen LogP contribution in [-0.4, -0.2) is 18.0 Å². The minimum absolute atomic E-state index is 0. The van der Waals surface area contributed by atoms with Gasteiger partial charge in [0.15, 0.2) is 5.96 Å². The van der Waals surface area contributed by atoms with Crippen LogP contribution in [-0.2, 0) is 13.1 Å². The quantitative estimate of drug-likeness (QED) is 0.323. The number of hydrogen-bond donors (Lipinski definition) is 2. The van der Waals surface area contributed by atoms with Gasteiger partial charge in [-0.05, 0) is 39.0 Å². The SMILES string of the molecule is CN=C(NCc1coc(-c2ccc(C)cc2)n1)NCc1cc(C)oc1C.I. The second kappa shape index (κ2) is 9.59. The van der Waals surface area contributed by atoms with Gasteiger partial charge in [-0.1, -0.05) is 17.7 Å². The van der Waals surface area contributed by atoms with E-state index in [-0.39, 0.29) is 24.0 Å². The minimum atomic E-state index is 0. The van der Waals surface area contributed by atoms with Crippen molar-refractivity contribution in [3.63, 3.8) is 0 Å². The van der Waals surface area contributed by atoms with Crippen LogP contribution < -0.4 is 10.6 Å². The molecule has 0 aliphatic rings. The Morgan fingerprint density at radius 2 is 1.78 bits per heavy atom. The zero-order valence-electron chi connectivity index (χ0n) is 16.0. The third-order valence-electron chi connectivity index (χ3n) is 4.10. The molecule has 1 aromatic carbocycles. The van der Waals surface area contributed by atoms with Crippen molar-refractivity contribution in [1.82, 2.24) is 15.6 Å². The highest BCUT2D eigenvalue weighted by molar-refractivity contribution is 14.0. The summed E-state index contributed by atoms with van der Waals surface area (Å²) in [6.07, 6.45) is 1.67. The van der Waals surface area contributed by atoms with Crippen molar-refractivity contribution in [2.75, 3.05) is 7.05 Å². The number of halogens is 1. The van der Waals surface area contributed by atoms with E-state index in [1.807, 2.05) is 44.2 Å². The Morgan fingerprint density at radius 1 is 1.07 bits per heavy atom. The lowest BCUT2D eigenvalue weighted by Crippen LogP contribution is -2.36. The van der Waals surface area contributed by atoms with Gasteiger partial charge in [0.05, 0.1) is 12.2 Å². The van der Waals surface area contributed by atoms with Gasteiger partial charge in [-0.15, -0.1) is 24.0 Å². The first kappa shape index (κ1) is 21.0. The zero-order valence-corrected chi connectivity index (χ0v) is 18.3. The van der Waals surface area contributed by atoms with Crippen LogP contribution in [0.5, 0.6) is 0 Å². The lowest BCUT2D eigenvalue weighted by Gasteiger charge is -2.10. The van der Waals surface area contributed by atoms with Crippen molar-refractivity contribution in [2.24, 2.45) is 4.99 Å².